The molecule has 1 aromatic carbocycles. The number of H-pyrrole nitrogens is 1. The molecule has 2 heterocycles. The molecule has 0 bridgehead atoms. The fourth-order valence-corrected chi connectivity index (χ4v) is 3.53. The lowest BCUT2D eigenvalue weighted by Crippen LogP contribution is -2.48. The number of nitrogens with one attached hydrogen (secondary N) is 3. The summed E-state index contributed by atoms with van der Waals surface area (Å²) in [6, 6.07) is 9.65. The molecule has 1 aliphatic rings. The zero-order valence-corrected chi connectivity index (χ0v) is 16.1. The van der Waals surface area contributed by atoms with Gasteiger partial charge in [0, 0.05) is 12.1 Å². The molecule has 3 rings (SSSR count). The van der Waals surface area contributed by atoms with Crippen LogP contribution in [0.25, 0.3) is 0 Å². The van der Waals surface area contributed by atoms with Gasteiger partial charge in [0.1, 0.15) is 0 Å². The third kappa shape index (κ3) is 3.66. The number of nitrogens with zero attached hydrogens (tertiary/aromatic N) is 3. The van der Waals surface area contributed by atoms with E-state index < -0.39 is 5.54 Å². The Morgan fingerprint density at radius 2 is 2.07 bits per heavy atom. The molecule has 0 saturated heterocycles. The van der Waals surface area contributed by atoms with E-state index in [0.717, 1.165) is 16.8 Å². The molecule has 8 heteroatoms. The van der Waals surface area contributed by atoms with Crippen LogP contribution in [0.3, 0.4) is 0 Å². The van der Waals surface area contributed by atoms with Gasteiger partial charge in [0.05, 0.1) is 23.8 Å². The molecule has 8 nitrogen and oxygen atoms in total. The third-order valence-electron chi connectivity index (χ3n) is 4.96. The third-order valence-corrected chi connectivity index (χ3v) is 4.96. The van der Waals surface area contributed by atoms with E-state index in [1.807, 2.05) is 63.2 Å². The highest BCUT2D eigenvalue weighted by molar-refractivity contribution is 5.79. The second kappa shape index (κ2) is 7.40. The molecule has 144 valence electrons. The van der Waals surface area contributed by atoms with E-state index in [-0.39, 0.29) is 12.1 Å². The van der Waals surface area contributed by atoms with Crippen LogP contribution in [0.4, 0.5) is 10.6 Å². The first-order chi connectivity index (χ1) is 12.8. The fourth-order valence-electron chi connectivity index (χ4n) is 3.53. The Labute approximate surface area is 158 Å². The molecular weight excluding hydrogens is 344 g/mol. The minimum Gasteiger partial charge on any atom is -0.330 e. The van der Waals surface area contributed by atoms with Gasteiger partial charge in [-0.3, -0.25) is 9.89 Å². The van der Waals surface area contributed by atoms with Crippen molar-refractivity contribution in [1.29, 1.82) is 0 Å². The van der Waals surface area contributed by atoms with Gasteiger partial charge in [-0.2, -0.15) is 5.10 Å². The average molecular weight is 370 g/mol. The van der Waals surface area contributed by atoms with E-state index in [4.69, 9.17) is 0 Å². The summed E-state index contributed by atoms with van der Waals surface area (Å²) in [5.41, 5.74) is 2.17. The number of rotatable bonds is 6. The molecule has 1 unspecified atom stereocenters. The van der Waals surface area contributed by atoms with Crippen molar-refractivity contribution in [2.45, 2.75) is 32.0 Å². The summed E-state index contributed by atoms with van der Waals surface area (Å²) in [6.07, 6.45) is 0.592. The first-order valence-corrected chi connectivity index (χ1v) is 8.90. The zero-order valence-electron chi connectivity index (χ0n) is 16.1. The maximum atomic E-state index is 13.1. The topological polar surface area (TPSA) is 93.4 Å². The predicted octanol–water partition coefficient (Wildman–Crippen LogP) is 2.04. The molecule has 0 saturated carbocycles. The summed E-state index contributed by atoms with van der Waals surface area (Å²) < 4.78 is 0. The van der Waals surface area contributed by atoms with Crippen LogP contribution in [0, 0.1) is 0 Å². The number of likely N-dealkylation sites (N-methyl/N-ethyl adjacent to an activating group) is 1. The Balaban J connectivity index is 1.81. The summed E-state index contributed by atoms with van der Waals surface area (Å²) in [5.74, 6) is 0.469. The SMILES string of the molecule is CN(C)CC(NC(=O)N1Cc2c(NC=O)n[nH]c2C1(C)C)c1ccccc1. The van der Waals surface area contributed by atoms with Crippen LogP contribution in [0.2, 0.25) is 0 Å². The van der Waals surface area contributed by atoms with Gasteiger partial charge in [-0.15, -0.1) is 0 Å². The van der Waals surface area contributed by atoms with Crippen LogP contribution < -0.4 is 10.6 Å². The van der Waals surface area contributed by atoms with E-state index >= 15 is 0 Å². The molecule has 27 heavy (non-hydrogen) atoms. The lowest BCUT2D eigenvalue weighted by molar-refractivity contribution is -0.105. The molecule has 3 amide bonds. The van der Waals surface area contributed by atoms with Gasteiger partial charge >= 0.3 is 6.03 Å². The van der Waals surface area contributed by atoms with Crippen LogP contribution in [-0.2, 0) is 16.9 Å². The summed E-state index contributed by atoms with van der Waals surface area (Å²) >= 11 is 0. The largest absolute Gasteiger partial charge is 0.330 e. The average Bonchev–Trinajstić information content (AvgIpc) is 3.14. The zero-order chi connectivity index (χ0) is 19.6. The number of hydrogen-bond donors (Lipinski definition) is 3. The fraction of sp³-hybridized carbons (Fsp3) is 0.421. The van der Waals surface area contributed by atoms with Crippen LogP contribution in [0.1, 0.15) is 36.7 Å². The summed E-state index contributed by atoms with van der Waals surface area (Å²) in [4.78, 5) is 27.7. The predicted molar refractivity (Wildman–Crippen MR) is 103 cm³/mol. The number of hydrogen-bond acceptors (Lipinski definition) is 4. The maximum Gasteiger partial charge on any atom is 0.319 e. The van der Waals surface area contributed by atoms with Crippen molar-refractivity contribution in [2.75, 3.05) is 26.0 Å². The summed E-state index contributed by atoms with van der Waals surface area (Å²) in [7, 11) is 3.96. The number of carbonyl (C=O) groups is 2. The van der Waals surface area contributed by atoms with Gasteiger partial charge in [0.2, 0.25) is 6.41 Å². The molecular formula is C19H26N6O2. The Bertz CT molecular complexity index is 815. The molecule has 0 radical (unpaired) electrons. The van der Waals surface area contributed by atoms with Gasteiger partial charge in [-0.1, -0.05) is 30.3 Å². The molecule has 1 aliphatic heterocycles. The normalized spacial score (nSPS) is 16.1. The van der Waals surface area contributed by atoms with Gasteiger partial charge in [-0.05, 0) is 33.5 Å². The van der Waals surface area contributed by atoms with Crippen LogP contribution in [-0.4, -0.2) is 53.1 Å². The molecule has 0 aliphatic carbocycles. The summed E-state index contributed by atoms with van der Waals surface area (Å²) in [5, 5.41) is 12.8. The Morgan fingerprint density at radius 3 is 2.70 bits per heavy atom. The molecule has 1 atom stereocenters. The number of benzene rings is 1. The number of aromatic amines is 1. The Kier molecular flexibility index (Phi) is 5.18. The van der Waals surface area contributed by atoms with Crippen molar-refractivity contribution in [3.63, 3.8) is 0 Å². The maximum absolute atomic E-state index is 13.1. The number of anilines is 1. The van der Waals surface area contributed by atoms with Crippen molar-refractivity contribution < 1.29 is 9.59 Å². The lowest BCUT2D eigenvalue weighted by Gasteiger charge is -2.34. The summed E-state index contributed by atoms with van der Waals surface area (Å²) in [6.45, 7) is 4.99. The second-order valence-electron chi connectivity index (χ2n) is 7.51. The van der Waals surface area contributed by atoms with E-state index in [2.05, 4.69) is 20.8 Å². The van der Waals surface area contributed by atoms with Crippen molar-refractivity contribution in [3.8, 4) is 0 Å². The number of carbonyl (C=O) groups excluding carboxylic acids is 2. The second-order valence-corrected chi connectivity index (χ2v) is 7.51. The molecule has 1 aromatic heterocycles. The minimum atomic E-state index is -0.561. The van der Waals surface area contributed by atoms with Gasteiger partial charge in [-0.25, -0.2) is 4.79 Å². The van der Waals surface area contributed by atoms with Crippen molar-refractivity contribution >= 4 is 18.3 Å². The highest BCUT2D eigenvalue weighted by atomic mass is 16.2. The van der Waals surface area contributed by atoms with Crippen LogP contribution in [0.5, 0.6) is 0 Å². The first kappa shape index (κ1) is 18.9. The molecule has 0 spiro atoms. The monoisotopic (exact) mass is 370 g/mol. The minimum absolute atomic E-state index is 0.130. The standard InChI is InChI=1S/C19H26N6O2/c1-19(2)16-14(17(20-12-26)23-22-16)10-25(19)18(27)21-15(11-24(3)4)13-8-6-5-7-9-13/h5-9,12,15H,10-11H2,1-4H3,(H,21,27)(H2,20,22,23,26). The van der Waals surface area contributed by atoms with Gasteiger partial charge in [0.25, 0.3) is 0 Å². The van der Waals surface area contributed by atoms with Crippen LogP contribution in [0.15, 0.2) is 30.3 Å². The lowest BCUT2D eigenvalue weighted by atomic mass is 10.0. The van der Waals surface area contributed by atoms with Crippen molar-refractivity contribution in [3.05, 3.63) is 47.2 Å². The molecule has 0 fully saturated rings. The molecule has 3 N–H and O–H groups in total. The number of amides is 3. The van der Waals surface area contributed by atoms with Gasteiger partial charge in [0.15, 0.2) is 5.82 Å². The smallest absolute Gasteiger partial charge is 0.319 e. The van der Waals surface area contributed by atoms with E-state index in [0.29, 0.717) is 25.3 Å². The molecule has 2 aromatic rings. The highest BCUT2D eigenvalue weighted by Gasteiger charge is 2.44. The quantitative estimate of drug-likeness (QED) is 0.679. The van der Waals surface area contributed by atoms with E-state index in [1.54, 1.807) is 4.90 Å². The highest BCUT2D eigenvalue weighted by Crippen LogP contribution is 2.40. The van der Waals surface area contributed by atoms with Crippen molar-refractivity contribution in [1.82, 2.24) is 25.3 Å². The first-order valence-electron chi connectivity index (χ1n) is 8.90. The number of fused-ring (bicyclic) bond motifs is 1. The van der Waals surface area contributed by atoms with E-state index in [1.165, 1.54) is 0 Å². The van der Waals surface area contributed by atoms with Crippen molar-refractivity contribution in [2.24, 2.45) is 0 Å². The number of aromatic nitrogens is 2. The number of urea groups is 1. The Hall–Kier alpha value is -2.87. The Morgan fingerprint density at radius 1 is 1.37 bits per heavy atom. The van der Waals surface area contributed by atoms with Gasteiger partial charge < -0.3 is 20.4 Å². The van der Waals surface area contributed by atoms with Crippen LogP contribution >= 0.6 is 0 Å². The van der Waals surface area contributed by atoms with E-state index in [9.17, 15) is 9.59 Å².